The smallest absolute Gasteiger partial charge is 0.223 e. The Morgan fingerprint density at radius 2 is 2.00 bits per heavy atom. The molecule has 7 heteroatoms. The molecule has 4 rings (SSSR count). The third-order valence-corrected chi connectivity index (χ3v) is 6.69. The third kappa shape index (κ3) is 4.13. The normalized spacial score (nSPS) is 15.1. The van der Waals surface area contributed by atoms with Crippen molar-refractivity contribution in [3.05, 3.63) is 52.1 Å². The van der Waals surface area contributed by atoms with Gasteiger partial charge in [0.2, 0.25) is 5.91 Å². The third-order valence-electron chi connectivity index (χ3n) is 5.25. The van der Waals surface area contributed by atoms with E-state index in [1.807, 2.05) is 24.3 Å². The van der Waals surface area contributed by atoms with Gasteiger partial charge >= 0.3 is 0 Å². The lowest BCUT2D eigenvalue weighted by molar-refractivity contribution is -0.125. The molecule has 1 aliphatic rings. The fourth-order valence-electron chi connectivity index (χ4n) is 3.61. The summed E-state index contributed by atoms with van der Waals surface area (Å²) in [4.78, 5) is 26.2. The standard InChI is InChI=1S/C21H23ClN4OS/c1-2-17-11-18-19(24-13-25-21(18)28-17)26-9-7-15(8-10-26)20(27)23-12-14-3-5-16(22)6-4-14/h3-6,11,13,15H,2,7-10,12H2,1H3,(H,23,27). The van der Waals surface area contributed by atoms with Gasteiger partial charge < -0.3 is 10.2 Å². The molecule has 146 valence electrons. The van der Waals surface area contributed by atoms with E-state index in [1.165, 1.54) is 4.88 Å². The molecule has 0 unspecified atom stereocenters. The maximum absolute atomic E-state index is 12.6. The molecule has 0 aliphatic carbocycles. The minimum absolute atomic E-state index is 0.0505. The van der Waals surface area contributed by atoms with E-state index in [2.05, 4.69) is 33.2 Å². The number of anilines is 1. The van der Waals surface area contributed by atoms with Crippen LogP contribution in [0, 0.1) is 5.92 Å². The van der Waals surface area contributed by atoms with Crippen molar-refractivity contribution in [2.24, 2.45) is 5.92 Å². The zero-order valence-corrected chi connectivity index (χ0v) is 17.4. The van der Waals surface area contributed by atoms with Crippen molar-refractivity contribution in [1.29, 1.82) is 0 Å². The summed E-state index contributed by atoms with van der Waals surface area (Å²) in [6, 6.07) is 9.78. The van der Waals surface area contributed by atoms with E-state index in [4.69, 9.17) is 11.6 Å². The topological polar surface area (TPSA) is 58.1 Å². The van der Waals surface area contributed by atoms with Gasteiger partial charge in [0.1, 0.15) is 17.0 Å². The number of nitrogens with one attached hydrogen (secondary N) is 1. The predicted octanol–water partition coefficient (Wildman–Crippen LogP) is 4.44. The summed E-state index contributed by atoms with van der Waals surface area (Å²) < 4.78 is 0. The van der Waals surface area contributed by atoms with E-state index < -0.39 is 0 Å². The van der Waals surface area contributed by atoms with Crippen LogP contribution in [0.1, 0.15) is 30.2 Å². The van der Waals surface area contributed by atoms with Gasteiger partial charge in [0.15, 0.2) is 0 Å². The Bertz CT molecular complexity index is 964. The van der Waals surface area contributed by atoms with Gasteiger partial charge in [-0.15, -0.1) is 11.3 Å². The summed E-state index contributed by atoms with van der Waals surface area (Å²) in [5.74, 6) is 1.18. The number of amides is 1. The molecule has 1 amide bonds. The van der Waals surface area contributed by atoms with Gasteiger partial charge in [0, 0.05) is 35.5 Å². The van der Waals surface area contributed by atoms with Crippen molar-refractivity contribution in [3.63, 3.8) is 0 Å². The molecule has 1 fully saturated rings. The Labute approximate surface area is 173 Å². The lowest BCUT2D eigenvalue weighted by Gasteiger charge is -2.32. The van der Waals surface area contributed by atoms with Crippen LogP contribution < -0.4 is 10.2 Å². The van der Waals surface area contributed by atoms with Gasteiger partial charge in [0.05, 0.1) is 5.39 Å². The second-order valence-corrected chi connectivity index (χ2v) is 8.64. The molecule has 1 N–H and O–H groups in total. The molecule has 1 aliphatic heterocycles. The van der Waals surface area contributed by atoms with Crippen LogP contribution in [0.2, 0.25) is 5.02 Å². The summed E-state index contributed by atoms with van der Waals surface area (Å²) >= 11 is 7.64. The minimum atomic E-state index is 0.0505. The molecule has 5 nitrogen and oxygen atoms in total. The first kappa shape index (κ1) is 19.2. The number of carbonyl (C=O) groups is 1. The molecular weight excluding hydrogens is 392 g/mol. The average molecular weight is 415 g/mol. The molecule has 1 saturated heterocycles. The zero-order valence-electron chi connectivity index (χ0n) is 15.8. The van der Waals surface area contributed by atoms with Crippen LogP contribution in [0.25, 0.3) is 10.2 Å². The van der Waals surface area contributed by atoms with E-state index in [9.17, 15) is 4.79 Å². The van der Waals surface area contributed by atoms with Crippen molar-refractivity contribution in [2.45, 2.75) is 32.7 Å². The van der Waals surface area contributed by atoms with Crippen molar-refractivity contribution < 1.29 is 4.79 Å². The Balaban J connectivity index is 1.36. The lowest BCUT2D eigenvalue weighted by atomic mass is 9.95. The predicted molar refractivity (Wildman–Crippen MR) is 115 cm³/mol. The van der Waals surface area contributed by atoms with E-state index in [-0.39, 0.29) is 11.8 Å². The van der Waals surface area contributed by atoms with Crippen molar-refractivity contribution in [3.8, 4) is 0 Å². The first-order valence-corrected chi connectivity index (χ1v) is 10.8. The fourth-order valence-corrected chi connectivity index (χ4v) is 4.66. The largest absolute Gasteiger partial charge is 0.356 e. The number of rotatable bonds is 5. The van der Waals surface area contributed by atoms with Crippen molar-refractivity contribution >= 4 is 44.9 Å². The number of carbonyl (C=O) groups excluding carboxylic acids is 1. The van der Waals surface area contributed by atoms with Crippen LogP contribution in [-0.2, 0) is 17.8 Å². The highest BCUT2D eigenvalue weighted by molar-refractivity contribution is 7.18. The van der Waals surface area contributed by atoms with E-state index in [0.717, 1.165) is 53.9 Å². The highest BCUT2D eigenvalue weighted by Gasteiger charge is 2.26. The quantitative estimate of drug-likeness (QED) is 0.670. The molecule has 0 radical (unpaired) electrons. The number of fused-ring (bicyclic) bond motifs is 1. The van der Waals surface area contributed by atoms with Gasteiger partial charge in [-0.2, -0.15) is 0 Å². The molecule has 0 saturated carbocycles. The Kier molecular flexibility index (Phi) is 5.78. The van der Waals surface area contributed by atoms with Gasteiger partial charge in [-0.1, -0.05) is 30.7 Å². The number of piperidine rings is 1. The van der Waals surface area contributed by atoms with Crippen LogP contribution in [0.3, 0.4) is 0 Å². The first-order chi connectivity index (χ1) is 13.6. The Hall–Kier alpha value is -2.18. The molecule has 1 aromatic carbocycles. The number of halogens is 1. The number of hydrogen-bond acceptors (Lipinski definition) is 5. The number of benzene rings is 1. The highest BCUT2D eigenvalue weighted by atomic mass is 35.5. The molecule has 3 heterocycles. The van der Waals surface area contributed by atoms with E-state index >= 15 is 0 Å². The summed E-state index contributed by atoms with van der Waals surface area (Å²) in [6.07, 6.45) is 4.33. The molecular formula is C21H23ClN4OS. The Morgan fingerprint density at radius 3 is 2.71 bits per heavy atom. The molecule has 0 atom stereocenters. The van der Waals surface area contributed by atoms with Crippen LogP contribution >= 0.6 is 22.9 Å². The molecule has 3 aromatic rings. The second-order valence-electron chi connectivity index (χ2n) is 7.09. The number of aromatic nitrogens is 2. The maximum atomic E-state index is 12.6. The van der Waals surface area contributed by atoms with Crippen LogP contribution in [0.15, 0.2) is 36.7 Å². The summed E-state index contributed by atoms with van der Waals surface area (Å²) in [7, 11) is 0. The molecule has 28 heavy (non-hydrogen) atoms. The van der Waals surface area contributed by atoms with Crippen molar-refractivity contribution in [2.75, 3.05) is 18.0 Å². The van der Waals surface area contributed by atoms with E-state index in [0.29, 0.717) is 11.6 Å². The summed E-state index contributed by atoms with van der Waals surface area (Å²) in [5.41, 5.74) is 1.06. The van der Waals surface area contributed by atoms with E-state index in [1.54, 1.807) is 17.7 Å². The van der Waals surface area contributed by atoms with Crippen molar-refractivity contribution in [1.82, 2.24) is 15.3 Å². The molecule has 0 spiro atoms. The maximum Gasteiger partial charge on any atom is 0.223 e. The highest BCUT2D eigenvalue weighted by Crippen LogP contribution is 2.32. The Morgan fingerprint density at radius 1 is 1.25 bits per heavy atom. The average Bonchev–Trinajstić information content (AvgIpc) is 3.17. The number of thiophene rings is 1. The first-order valence-electron chi connectivity index (χ1n) is 9.64. The summed E-state index contributed by atoms with van der Waals surface area (Å²) in [5, 5.41) is 4.90. The fraction of sp³-hybridized carbons (Fsp3) is 0.381. The number of aryl methyl sites for hydroxylation is 1. The second kappa shape index (κ2) is 8.45. The minimum Gasteiger partial charge on any atom is -0.356 e. The molecule has 0 bridgehead atoms. The lowest BCUT2D eigenvalue weighted by Crippen LogP contribution is -2.40. The van der Waals surface area contributed by atoms with Crippen LogP contribution in [-0.4, -0.2) is 29.0 Å². The number of nitrogens with zero attached hydrogens (tertiary/aromatic N) is 3. The van der Waals surface area contributed by atoms with Gasteiger partial charge in [-0.3, -0.25) is 4.79 Å². The summed E-state index contributed by atoms with van der Waals surface area (Å²) in [6.45, 7) is 4.37. The molecule has 2 aromatic heterocycles. The van der Waals surface area contributed by atoms with Crippen LogP contribution in [0.5, 0.6) is 0 Å². The SMILES string of the molecule is CCc1cc2c(N3CCC(C(=O)NCc4ccc(Cl)cc4)CC3)ncnc2s1. The van der Waals surface area contributed by atoms with Gasteiger partial charge in [-0.25, -0.2) is 9.97 Å². The number of hydrogen-bond donors (Lipinski definition) is 1. The monoisotopic (exact) mass is 414 g/mol. The van der Waals surface area contributed by atoms with Gasteiger partial charge in [-0.05, 0) is 43.0 Å². The van der Waals surface area contributed by atoms with Crippen LogP contribution in [0.4, 0.5) is 5.82 Å². The van der Waals surface area contributed by atoms with Gasteiger partial charge in [0.25, 0.3) is 0 Å². The zero-order chi connectivity index (χ0) is 19.5.